The molecule has 102 valence electrons. The summed E-state index contributed by atoms with van der Waals surface area (Å²) in [5.74, 6) is 1.85. The van der Waals surface area contributed by atoms with Crippen LogP contribution in [0.2, 0.25) is 0 Å². The Morgan fingerprint density at radius 2 is 1.84 bits per heavy atom. The Labute approximate surface area is 130 Å². The van der Waals surface area contributed by atoms with E-state index in [2.05, 4.69) is 63.2 Å². The van der Waals surface area contributed by atoms with Gasteiger partial charge in [-0.2, -0.15) is 0 Å². The molecule has 0 radical (unpaired) electrons. The van der Waals surface area contributed by atoms with Gasteiger partial charge in [0.05, 0.1) is 6.04 Å². The SMILES string of the molecule is CCC(NC)c1ccc(-c2c(Br)cc(C)cc2Br)o1. The fraction of sp³-hybridized carbons (Fsp3) is 0.333. The van der Waals surface area contributed by atoms with Crippen molar-refractivity contribution in [1.82, 2.24) is 5.32 Å². The molecule has 2 rings (SSSR count). The summed E-state index contributed by atoms with van der Waals surface area (Å²) >= 11 is 7.22. The monoisotopic (exact) mass is 385 g/mol. The average molecular weight is 387 g/mol. The first-order chi connectivity index (χ1) is 9.06. The van der Waals surface area contributed by atoms with Crippen LogP contribution < -0.4 is 5.32 Å². The molecule has 0 spiro atoms. The van der Waals surface area contributed by atoms with Gasteiger partial charge < -0.3 is 9.73 Å². The third kappa shape index (κ3) is 3.12. The molecule has 0 saturated heterocycles. The zero-order valence-corrected chi connectivity index (χ0v) is 14.4. The van der Waals surface area contributed by atoms with Gasteiger partial charge in [0.25, 0.3) is 0 Å². The van der Waals surface area contributed by atoms with Crippen molar-refractivity contribution in [2.45, 2.75) is 26.3 Å². The Kier molecular flexibility index (Phi) is 4.87. The first-order valence-corrected chi connectivity index (χ1v) is 7.88. The first kappa shape index (κ1) is 14.8. The van der Waals surface area contributed by atoms with Crippen molar-refractivity contribution in [2.75, 3.05) is 7.05 Å². The normalized spacial score (nSPS) is 12.7. The van der Waals surface area contributed by atoms with E-state index in [1.165, 1.54) is 5.56 Å². The largest absolute Gasteiger partial charge is 0.459 e. The molecule has 1 heterocycles. The summed E-state index contributed by atoms with van der Waals surface area (Å²) in [7, 11) is 1.95. The number of hydrogen-bond donors (Lipinski definition) is 1. The van der Waals surface area contributed by atoms with E-state index >= 15 is 0 Å². The fourth-order valence-electron chi connectivity index (χ4n) is 2.16. The molecule has 4 heteroatoms. The molecule has 0 aliphatic rings. The lowest BCUT2D eigenvalue weighted by atomic mass is 10.1. The second-order valence-corrected chi connectivity index (χ2v) is 6.26. The first-order valence-electron chi connectivity index (χ1n) is 6.29. The second-order valence-electron chi connectivity index (χ2n) is 4.56. The van der Waals surface area contributed by atoms with Crippen molar-refractivity contribution in [3.05, 3.63) is 44.5 Å². The summed E-state index contributed by atoms with van der Waals surface area (Å²) in [6.45, 7) is 4.21. The summed E-state index contributed by atoms with van der Waals surface area (Å²) in [6, 6.07) is 8.51. The molecular weight excluding hydrogens is 370 g/mol. The number of furan rings is 1. The molecule has 1 N–H and O–H groups in total. The van der Waals surface area contributed by atoms with E-state index in [0.29, 0.717) is 0 Å². The van der Waals surface area contributed by atoms with Crippen LogP contribution in [0.4, 0.5) is 0 Å². The van der Waals surface area contributed by atoms with Crippen molar-refractivity contribution in [3.63, 3.8) is 0 Å². The van der Waals surface area contributed by atoms with Gasteiger partial charge >= 0.3 is 0 Å². The molecule has 1 aromatic heterocycles. The van der Waals surface area contributed by atoms with E-state index in [-0.39, 0.29) is 6.04 Å². The summed E-state index contributed by atoms with van der Waals surface area (Å²) in [5, 5.41) is 3.25. The molecule has 0 saturated carbocycles. The van der Waals surface area contributed by atoms with Crippen LogP contribution in [0.3, 0.4) is 0 Å². The molecule has 0 bridgehead atoms. The summed E-state index contributed by atoms with van der Waals surface area (Å²) in [6.07, 6.45) is 1.000. The van der Waals surface area contributed by atoms with Crippen LogP contribution in [0.25, 0.3) is 11.3 Å². The maximum atomic E-state index is 5.99. The van der Waals surface area contributed by atoms with Crippen LogP contribution >= 0.6 is 31.9 Å². The predicted molar refractivity (Wildman–Crippen MR) is 86.4 cm³/mol. The summed E-state index contributed by atoms with van der Waals surface area (Å²) < 4.78 is 8.07. The van der Waals surface area contributed by atoms with Crippen molar-refractivity contribution >= 4 is 31.9 Å². The highest BCUT2D eigenvalue weighted by Gasteiger charge is 2.16. The Balaban J connectivity index is 2.43. The number of benzene rings is 1. The Hall–Kier alpha value is -0.580. The fourth-order valence-corrected chi connectivity index (χ4v) is 3.96. The smallest absolute Gasteiger partial charge is 0.136 e. The highest BCUT2D eigenvalue weighted by atomic mass is 79.9. The summed E-state index contributed by atoms with van der Waals surface area (Å²) in [5.41, 5.74) is 2.26. The molecule has 0 amide bonds. The number of rotatable bonds is 4. The van der Waals surface area contributed by atoms with Gasteiger partial charge in [0.15, 0.2) is 0 Å². The molecule has 0 aliphatic heterocycles. The predicted octanol–water partition coefficient (Wildman–Crippen LogP) is 5.45. The van der Waals surface area contributed by atoms with Gasteiger partial charge in [0, 0.05) is 14.5 Å². The number of nitrogens with one attached hydrogen (secondary N) is 1. The minimum atomic E-state index is 0.261. The third-order valence-corrected chi connectivity index (χ3v) is 4.41. The molecule has 19 heavy (non-hydrogen) atoms. The molecule has 0 fully saturated rings. The minimum Gasteiger partial charge on any atom is -0.459 e. The minimum absolute atomic E-state index is 0.261. The highest BCUT2D eigenvalue weighted by molar-refractivity contribution is 9.11. The van der Waals surface area contributed by atoms with Gasteiger partial charge in [0.1, 0.15) is 11.5 Å². The van der Waals surface area contributed by atoms with Crippen molar-refractivity contribution in [1.29, 1.82) is 0 Å². The van der Waals surface area contributed by atoms with E-state index < -0.39 is 0 Å². The van der Waals surface area contributed by atoms with Gasteiger partial charge in [-0.25, -0.2) is 0 Å². The Bertz CT molecular complexity index is 550. The Morgan fingerprint density at radius 1 is 1.21 bits per heavy atom. The van der Waals surface area contributed by atoms with Gasteiger partial charge in [0.2, 0.25) is 0 Å². The van der Waals surface area contributed by atoms with Crippen LogP contribution in [0, 0.1) is 6.92 Å². The standard InChI is InChI=1S/C15H17Br2NO/c1-4-12(18-3)13-5-6-14(19-13)15-10(16)7-9(2)8-11(15)17/h5-8,12,18H,4H2,1-3H3. The van der Waals surface area contributed by atoms with E-state index in [9.17, 15) is 0 Å². The lowest BCUT2D eigenvalue weighted by molar-refractivity contribution is 0.431. The van der Waals surface area contributed by atoms with Crippen LogP contribution in [0.15, 0.2) is 37.6 Å². The van der Waals surface area contributed by atoms with Gasteiger partial charge in [-0.1, -0.05) is 6.92 Å². The average Bonchev–Trinajstić information content (AvgIpc) is 2.78. The van der Waals surface area contributed by atoms with Crippen molar-refractivity contribution in [2.24, 2.45) is 0 Å². The van der Waals surface area contributed by atoms with Crippen LogP contribution in [-0.4, -0.2) is 7.05 Å². The zero-order chi connectivity index (χ0) is 14.0. The molecule has 1 atom stereocenters. The molecule has 0 aliphatic carbocycles. The number of halogens is 2. The Morgan fingerprint density at radius 3 is 2.37 bits per heavy atom. The lowest BCUT2D eigenvalue weighted by Gasteiger charge is -2.11. The van der Waals surface area contributed by atoms with E-state index in [4.69, 9.17) is 4.42 Å². The third-order valence-electron chi connectivity index (χ3n) is 3.16. The lowest BCUT2D eigenvalue weighted by Crippen LogP contribution is -2.14. The maximum absolute atomic E-state index is 5.99. The topological polar surface area (TPSA) is 25.2 Å². The van der Waals surface area contributed by atoms with Crippen LogP contribution in [0.5, 0.6) is 0 Å². The van der Waals surface area contributed by atoms with E-state index in [0.717, 1.165) is 32.5 Å². The second kappa shape index (κ2) is 6.25. The van der Waals surface area contributed by atoms with Crippen LogP contribution in [0.1, 0.15) is 30.7 Å². The quantitative estimate of drug-likeness (QED) is 0.755. The maximum Gasteiger partial charge on any atom is 0.136 e. The van der Waals surface area contributed by atoms with Gasteiger partial charge in [-0.05, 0) is 82.1 Å². The van der Waals surface area contributed by atoms with E-state index in [1.54, 1.807) is 0 Å². The molecule has 1 unspecified atom stereocenters. The van der Waals surface area contributed by atoms with Gasteiger partial charge in [-0.3, -0.25) is 0 Å². The van der Waals surface area contributed by atoms with Crippen molar-refractivity contribution in [3.8, 4) is 11.3 Å². The van der Waals surface area contributed by atoms with Crippen molar-refractivity contribution < 1.29 is 4.42 Å². The van der Waals surface area contributed by atoms with E-state index in [1.807, 2.05) is 19.2 Å². The van der Waals surface area contributed by atoms with Gasteiger partial charge in [-0.15, -0.1) is 0 Å². The number of aryl methyl sites for hydroxylation is 1. The highest BCUT2D eigenvalue weighted by Crippen LogP contribution is 2.38. The molecule has 2 aromatic rings. The molecular formula is C15H17Br2NO. The summed E-state index contributed by atoms with van der Waals surface area (Å²) in [4.78, 5) is 0. The molecule has 1 aromatic carbocycles. The zero-order valence-electron chi connectivity index (χ0n) is 11.3. The van der Waals surface area contributed by atoms with Crippen LogP contribution in [-0.2, 0) is 0 Å². The number of hydrogen-bond acceptors (Lipinski definition) is 2. The molecule has 2 nitrogen and oxygen atoms in total.